The van der Waals surface area contributed by atoms with E-state index in [1.807, 2.05) is 6.92 Å². The molecule has 0 aromatic heterocycles. The van der Waals surface area contributed by atoms with Crippen molar-refractivity contribution in [2.75, 3.05) is 6.54 Å². The number of aliphatic carboxylic acids is 1. The number of carboxylic acid groups (broad SMARTS) is 1. The smallest absolute Gasteiger partial charge is 0.320 e. The van der Waals surface area contributed by atoms with Crippen LogP contribution in [0.4, 0.5) is 0 Å². The second kappa shape index (κ2) is 5.23. The van der Waals surface area contributed by atoms with Crippen LogP contribution in [-0.4, -0.2) is 23.7 Å². The Morgan fingerprint density at radius 3 is 2.90 bits per heavy atom. The summed E-state index contributed by atoms with van der Waals surface area (Å²) >= 11 is 0. The largest absolute Gasteiger partial charge is 0.480 e. The average Bonchev–Trinajstić information content (AvgIpc) is 1.98. The van der Waals surface area contributed by atoms with Crippen LogP contribution in [0, 0.1) is 0 Å². The predicted octanol–water partition coefficient (Wildman–Crippen LogP) is 0.849. The van der Waals surface area contributed by atoms with Crippen LogP contribution < -0.4 is 5.31 Å². The first-order chi connectivity index (χ1) is 5.09. The van der Waals surface area contributed by atoms with Gasteiger partial charge >= 0.3 is 5.97 Å². The SMILES string of the molecule is [3H]N(CCCC)[C@@H](C)C(=O)O. The minimum atomic E-state index is -0.934. The number of hydrogen-bond acceptors (Lipinski definition) is 2. The zero-order valence-corrected chi connectivity index (χ0v) is 6.50. The number of nitrogens with one attached hydrogen (secondary N) is 1. The van der Waals surface area contributed by atoms with E-state index in [1.54, 1.807) is 0 Å². The van der Waals surface area contributed by atoms with Crippen LogP contribution in [0.2, 0.25) is 1.41 Å². The number of carboxylic acids is 1. The molecule has 0 radical (unpaired) electrons. The van der Waals surface area contributed by atoms with Crippen LogP contribution in [-0.2, 0) is 4.79 Å². The van der Waals surface area contributed by atoms with E-state index in [2.05, 4.69) is 0 Å². The van der Waals surface area contributed by atoms with Crippen LogP contribution in [0.3, 0.4) is 0 Å². The molecule has 2 N–H and O–H groups in total. The van der Waals surface area contributed by atoms with E-state index in [1.165, 1.54) is 6.92 Å². The summed E-state index contributed by atoms with van der Waals surface area (Å²) in [6.07, 6.45) is 1.86. The average molecular weight is 147 g/mol. The quantitative estimate of drug-likeness (QED) is 0.606. The van der Waals surface area contributed by atoms with Gasteiger partial charge in [-0.05, 0) is 19.9 Å². The van der Waals surface area contributed by atoms with Crippen LogP contribution in [0.15, 0.2) is 0 Å². The number of carbonyl (C=O) groups is 1. The van der Waals surface area contributed by atoms with Gasteiger partial charge in [-0.3, -0.25) is 4.79 Å². The van der Waals surface area contributed by atoms with Crippen molar-refractivity contribution in [3.05, 3.63) is 0 Å². The van der Waals surface area contributed by atoms with Gasteiger partial charge in [-0.2, -0.15) is 0 Å². The molecule has 0 saturated carbocycles. The van der Waals surface area contributed by atoms with Gasteiger partial charge < -0.3 is 10.4 Å². The summed E-state index contributed by atoms with van der Waals surface area (Å²) in [5.41, 5.74) is 0. The van der Waals surface area contributed by atoms with E-state index in [0.717, 1.165) is 18.2 Å². The van der Waals surface area contributed by atoms with E-state index < -0.39 is 12.0 Å². The first-order valence-electron chi connectivity index (χ1n) is 4.02. The van der Waals surface area contributed by atoms with Crippen molar-refractivity contribution < 1.29 is 11.3 Å². The Balaban J connectivity index is 3.63. The van der Waals surface area contributed by atoms with Gasteiger partial charge in [-0.15, -0.1) is 0 Å². The van der Waals surface area contributed by atoms with Gasteiger partial charge in [0.1, 0.15) is 7.45 Å². The molecule has 0 spiro atoms. The Morgan fingerprint density at radius 1 is 1.90 bits per heavy atom. The molecule has 0 amide bonds. The second-order valence-electron chi connectivity index (χ2n) is 2.27. The summed E-state index contributed by atoms with van der Waals surface area (Å²) in [7, 11) is 0. The van der Waals surface area contributed by atoms with Crippen molar-refractivity contribution in [1.82, 2.24) is 5.31 Å². The molecule has 0 bridgehead atoms. The fraction of sp³-hybridized carbons (Fsp3) is 0.857. The van der Waals surface area contributed by atoms with Gasteiger partial charge in [-0.1, -0.05) is 13.3 Å². The summed E-state index contributed by atoms with van der Waals surface area (Å²) < 4.78 is 7.26. The molecule has 0 aliphatic carbocycles. The normalized spacial score (nSPS) is 14.9. The van der Waals surface area contributed by atoms with Gasteiger partial charge in [0.2, 0.25) is 0 Å². The summed E-state index contributed by atoms with van der Waals surface area (Å²) in [6, 6.07) is -0.693. The Hall–Kier alpha value is -0.570. The first-order valence-corrected chi connectivity index (χ1v) is 3.58. The summed E-state index contributed by atoms with van der Waals surface area (Å²) in [5, 5.41) is 9.59. The minimum Gasteiger partial charge on any atom is -0.480 e. The predicted molar refractivity (Wildman–Crippen MR) is 40.0 cm³/mol. The van der Waals surface area contributed by atoms with Gasteiger partial charge in [0.25, 0.3) is 0 Å². The lowest BCUT2D eigenvalue weighted by atomic mass is 10.3. The van der Waals surface area contributed by atoms with Crippen molar-refractivity contribution in [2.24, 2.45) is 0 Å². The molecule has 0 aliphatic heterocycles. The second-order valence-corrected chi connectivity index (χ2v) is 2.27. The monoisotopic (exact) mass is 147 g/mol. The molecule has 3 nitrogen and oxygen atoms in total. The van der Waals surface area contributed by atoms with E-state index >= 15 is 0 Å². The minimum absolute atomic E-state index is 0.532. The van der Waals surface area contributed by atoms with Crippen molar-refractivity contribution >= 4 is 5.97 Å². The van der Waals surface area contributed by atoms with Gasteiger partial charge in [0.15, 0.2) is 0 Å². The number of unbranched alkanes of at least 4 members (excludes halogenated alkanes) is 1. The highest BCUT2D eigenvalue weighted by molar-refractivity contribution is 5.72. The summed E-state index contributed by atoms with van der Waals surface area (Å²) in [5.74, 6) is -0.934. The van der Waals surface area contributed by atoms with Gasteiger partial charge in [-0.25, -0.2) is 0 Å². The van der Waals surface area contributed by atoms with Crippen LogP contribution in [0.5, 0.6) is 0 Å². The highest BCUT2D eigenvalue weighted by atomic mass is 16.4. The molecular formula is C7H15NO2. The van der Waals surface area contributed by atoms with Crippen molar-refractivity contribution in [1.29, 1.82) is 0 Å². The first kappa shape index (κ1) is 7.54. The molecule has 0 fully saturated rings. The van der Waals surface area contributed by atoms with E-state index in [4.69, 9.17) is 6.52 Å². The fourth-order valence-corrected chi connectivity index (χ4v) is 0.521. The lowest BCUT2D eigenvalue weighted by Gasteiger charge is -2.06. The fourth-order valence-electron chi connectivity index (χ4n) is 0.521. The molecule has 0 unspecified atom stereocenters. The lowest BCUT2D eigenvalue weighted by molar-refractivity contribution is -0.138. The zero-order valence-electron chi connectivity index (χ0n) is 7.50. The van der Waals surface area contributed by atoms with E-state index in [-0.39, 0.29) is 0 Å². The standard InChI is InChI=1S/C7H15NO2/c1-3-4-5-8-6(2)7(9)10/h6,8H,3-5H2,1-2H3,(H,9,10)/t6-/m0/s1/i/hT. The molecule has 3 heteroatoms. The van der Waals surface area contributed by atoms with Crippen molar-refractivity contribution in [3.63, 3.8) is 0 Å². The summed E-state index contributed by atoms with van der Waals surface area (Å²) in [6.45, 7) is 4.06. The molecular weight excluding hydrogens is 130 g/mol. The third-order valence-corrected chi connectivity index (χ3v) is 1.27. The third-order valence-electron chi connectivity index (χ3n) is 1.27. The maximum atomic E-state index is 10.3. The molecule has 0 saturated heterocycles. The third kappa shape index (κ3) is 4.32. The molecule has 60 valence electrons. The summed E-state index contributed by atoms with van der Waals surface area (Å²) in [4.78, 5) is 10.3. The zero-order chi connectivity index (χ0) is 8.85. The molecule has 10 heavy (non-hydrogen) atoms. The Bertz CT molecular complexity index is 130. The Labute approximate surface area is 62.9 Å². The molecule has 0 aliphatic rings. The Kier molecular flexibility index (Phi) is 3.94. The molecule has 1 atom stereocenters. The number of hydrogen-bond donors (Lipinski definition) is 2. The molecule has 0 aromatic carbocycles. The maximum absolute atomic E-state index is 10.3. The molecule has 0 heterocycles. The highest BCUT2D eigenvalue weighted by Gasteiger charge is 2.07. The highest BCUT2D eigenvalue weighted by Crippen LogP contribution is 1.85. The molecule has 0 rings (SSSR count). The van der Waals surface area contributed by atoms with Gasteiger partial charge in [0, 0.05) is 0 Å². The van der Waals surface area contributed by atoms with Gasteiger partial charge in [0.05, 0.1) is 0 Å². The van der Waals surface area contributed by atoms with E-state index in [9.17, 15) is 4.79 Å². The van der Waals surface area contributed by atoms with Crippen molar-refractivity contribution in [3.8, 4) is 0 Å². The van der Waals surface area contributed by atoms with Crippen LogP contribution in [0.25, 0.3) is 0 Å². The van der Waals surface area contributed by atoms with Crippen molar-refractivity contribution in [2.45, 2.75) is 32.7 Å². The maximum Gasteiger partial charge on any atom is 0.320 e. The van der Waals surface area contributed by atoms with Crippen LogP contribution in [0.1, 0.15) is 26.7 Å². The topological polar surface area (TPSA) is 49.3 Å². The number of rotatable bonds is 5. The van der Waals surface area contributed by atoms with Crippen LogP contribution >= 0.6 is 0 Å². The lowest BCUT2D eigenvalue weighted by Crippen LogP contribution is -2.34. The van der Waals surface area contributed by atoms with E-state index in [0.29, 0.717) is 6.54 Å². The molecule has 0 aromatic rings. The Morgan fingerprint density at radius 2 is 2.50 bits per heavy atom.